The fourth-order valence-electron chi connectivity index (χ4n) is 2.23. The van der Waals surface area contributed by atoms with Gasteiger partial charge >= 0.3 is 5.97 Å². The van der Waals surface area contributed by atoms with Crippen molar-refractivity contribution in [3.8, 4) is 0 Å². The Morgan fingerprint density at radius 1 is 1.45 bits per heavy atom. The van der Waals surface area contributed by atoms with E-state index in [1.807, 2.05) is 11.0 Å². The van der Waals surface area contributed by atoms with Crippen LogP contribution in [0.3, 0.4) is 0 Å². The second-order valence-corrected chi connectivity index (χ2v) is 5.37. The van der Waals surface area contributed by atoms with Crippen LogP contribution in [0.2, 0.25) is 10.0 Å². The third-order valence-corrected chi connectivity index (χ3v) is 4.07. The molecule has 1 aliphatic heterocycles. The monoisotopic (exact) mass is 316 g/mol. The van der Waals surface area contributed by atoms with Crippen LogP contribution in [0.15, 0.2) is 18.2 Å². The number of hydrogen-bond donors (Lipinski definition) is 2. The lowest BCUT2D eigenvalue weighted by Crippen LogP contribution is -2.55. The van der Waals surface area contributed by atoms with Crippen molar-refractivity contribution >= 4 is 35.1 Å². The largest absolute Gasteiger partial charge is 0.481 e. The Kier molecular flexibility index (Phi) is 4.86. The average Bonchev–Trinajstić information content (AvgIpc) is 2.38. The lowest BCUT2D eigenvalue weighted by molar-refractivity contribution is -0.143. The van der Waals surface area contributed by atoms with Gasteiger partial charge < -0.3 is 10.4 Å². The fraction of sp³-hybridized carbons (Fsp3) is 0.385. The van der Waals surface area contributed by atoms with E-state index in [1.165, 1.54) is 0 Å². The Morgan fingerprint density at radius 3 is 2.90 bits per heavy atom. The first-order chi connectivity index (χ1) is 9.49. The van der Waals surface area contributed by atoms with Crippen LogP contribution < -0.4 is 5.32 Å². The van der Waals surface area contributed by atoms with Crippen LogP contribution in [-0.4, -0.2) is 41.0 Å². The molecule has 5 nitrogen and oxygen atoms in total. The summed E-state index contributed by atoms with van der Waals surface area (Å²) in [5, 5.41) is 12.5. The minimum Gasteiger partial charge on any atom is -0.481 e. The number of aliphatic carboxylic acids is 1. The van der Waals surface area contributed by atoms with Gasteiger partial charge in [-0.05, 0) is 11.6 Å². The molecule has 0 saturated carbocycles. The number of halogens is 2. The van der Waals surface area contributed by atoms with Crippen LogP contribution in [0.5, 0.6) is 0 Å². The van der Waals surface area contributed by atoms with E-state index in [9.17, 15) is 9.59 Å². The lowest BCUT2D eigenvalue weighted by Gasteiger charge is -2.34. The molecule has 20 heavy (non-hydrogen) atoms. The van der Waals surface area contributed by atoms with Gasteiger partial charge in [0.05, 0.1) is 16.5 Å². The van der Waals surface area contributed by atoms with E-state index in [4.69, 9.17) is 28.3 Å². The Hall–Kier alpha value is -1.30. The molecule has 0 radical (unpaired) electrons. The van der Waals surface area contributed by atoms with Crippen LogP contribution in [0, 0.1) is 0 Å². The highest BCUT2D eigenvalue weighted by atomic mass is 35.5. The van der Waals surface area contributed by atoms with Crippen LogP contribution in [0.25, 0.3) is 0 Å². The number of amides is 1. The second kappa shape index (κ2) is 6.43. The lowest BCUT2D eigenvalue weighted by atomic mass is 10.1. The molecule has 0 aliphatic carbocycles. The van der Waals surface area contributed by atoms with Crippen LogP contribution >= 0.6 is 23.2 Å². The molecule has 1 heterocycles. The van der Waals surface area contributed by atoms with Gasteiger partial charge in [0, 0.05) is 19.6 Å². The van der Waals surface area contributed by atoms with Crippen molar-refractivity contribution in [1.82, 2.24) is 10.2 Å². The molecule has 1 atom stereocenters. The van der Waals surface area contributed by atoms with Crippen molar-refractivity contribution in [3.63, 3.8) is 0 Å². The van der Waals surface area contributed by atoms with E-state index in [0.29, 0.717) is 29.7 Å². The number of piperazine rings is 1. The van der Waals surface area contributed by atoms with Gasteiger partial charge in [0.1, 0.15) is 6.04 Å². The maximum atomic E-state index is 11.8. The van der Waals surface area contributed by atoms with Crippen molar-refractivity contribution in [2.45, 2.75) is 19.0 Å². The second-order valence-electron chi connectivity index (χ2n) is 4.59. The summed E-state index contributed by atoms with van der Waals surface area (Å²) in [4.78, 5) is 24.5. The van der Waals surface area contributed by atoms with Crippen molar-refractivity contribution in [1.29, 1.82) is 0 Å². The van der Waals surface area contributed by atoms with Crippen LogP contribution in [-0.2, 0) is 16.1 Å². The molecule has 108 valence electrons. The van der Waals surface area contributed by atoms with Gasteiger partial charge in [-0.1, -0.05) is 35.3 Å². The SMILES string of the molecule is O=C(O)CC1C(=O)NCCN1Cc1cccc(Cl)c1Cl. The summed E-state index contributed by atoms with van der Waals surface area (Å²) in [6.07, 6.45) is -0.232. The summed E-state index contributed by atoms with van der Waals surface area (Å²) in [5.41, 5.74) is 0.782. The van der Waals surface area contributed by atoms with Gasteiger partial charge in [-0.25, -0.2) is 0 Å². The van der Waals surface area contributed by atoms with Gasteiger partial charge in [-0.2, -0.15) is 0 Å². The number of nitrogens with zero attached hydrogens (tertiary/aromatic N) is 1. The zero-order valence-corrected chi connectivity index (χ0v) is 12.1. The van der Waals surface area contributed by atoms with Crippen LogP contribution in [0.4, 0.5) is 0 Å². The molecule has 1 unspecified atom stereocenters. The van der Waals surface area contributed by atoms with Crippen molar-refractivity contribution in [3.05, 3.63) is 33.8 Å². The molecule has 1 amide bonds. The van der Waals surface area contributed by atoms with E-state index in [1.54, 1.807) is 12.1 Å². The van der Waals surface area contributed by atoms with Crippen LogP contribution in [0.1, 0.15) is 12.0 Å². The van der Waals surface area contributed by atoms with E-state index < -0.39 is 12.0 Å². The Morgan fingerprint density at radius 2 is 2.20 bits per heavy atom. The molecule has 0 aromatic heterocycles. The molecule has 2 N–H and O–H groups in total. The zero-order chi connectivity index (χ0) is 14.7. The predicted octanol–water partition coefficient (Wildman–Crippen LogP) is 1.77. The molecule has 1 aliphatic rings. The summed E-state index contributed by atoms with van der Waals surface area (Å²) < 4.78 is 0. The van der Waals surface area contributed by atoms with E-state index in [0.717, 1.165) is 5.56 Å². The fourth-order valence-corrected chi connectivity index (χ4v) is 2.61. The van der Waals surface area contributed by atoms with Gasteiger partial charge in [0.2, 0.25) is 5.91 Å². The number of carboxylic acids is 1. The topological polar surface area (TPSA) is 69.6 Å². The molecule has 0 spiro atoms. The summed E-state index contributed by atoms with van der Waals surface area (Å²) in [6.45, 7) is 1.46. The highest BCUT2D eigenvalue weighted by molar-refractivity contribution is 6.42. The minimum absolute atomic E-state index is 0.232. The standard InChI is InChI=1S/C13H14Cl2N2O3/c14-9-3-1-2-8(12(9)15)7-17-5-4-16-13(20)10(17)6-11(18)19/h1-3,10H,4-7H2,(H,16,20)(H,18,19). The Bertz CT molecular complexity index is 536. The Balaban J connectivity index is 2.18. The van der Waals surface area contributed by atoms with E-state index in [-0.39, 0.29) is 12.3 Å². The number of hydrogen-bond acceptors (Lipinski definition) is 3. The third kappa shape index (κ3) is 3.42. The first kappa shape index (κ1) is 15.1. The summed E-state index contributed by atoms with van der Waals surface area (Å²) >= 11 is 12.1. The maximum absolute atomic E-state index is 11.8. The van der Waals surface area contributed by atoms with Gasteiger partial charge in [0.25, 0.3) is 0 Å². The summed E-state index contributed by atoms with van der Waals surface area (Å²) in [7, 11) is 0. The molecule has 1 aromatic carbocycles. The molecule has 1 saturated heterocycles. The molecule has 1 aromatic rings. The normalized spacial score (nSPS) is 19.7. The molecule has 7 heteroatoms. The van der Waals surface area contributed by atoms with E-state index >= 15 is 0 Å². The molecule has 2 rings (SSSR count). The molecule has 0 bridgehead atoms. The number of carbonyl (C=O) groups excluding carboxylic acids is 1. The van der Waals surface area contributed by atoms with Gasteiger partial charge in [-0.3, -0.25) is 14.5 Å². The zero-order valence-electron chi connectivity index (χ0n) is 10.6. The maximum Gasteiger partial charge on any atom is 0.305 e. The average molecular weight is 317 g/mol. The molecular formula is C13H14Cl2N2O3. The number of rotatable bonds is 4. The third-order valence-electron chi connectivity index (χ3n) is 3.21. The highest BCUT2D eigenvalue weighted by Gasteiger charge is 2.31. The first-order valence-electron chi connectivity index (χ1n) is 6.15. The number of carboxylic acid groups (broad SMARTS) is 1. The quantitative estimate of drug-likeness (QED) is 0.888. The summed E-state index contributed by atoms with van der Waals surface area (Å²) in [5.74, 6) is -1.27. The van der Waals surface area contributed by atoms with Crippen molar-refractivity contribution in [2.24, 2.45) is 0 Å². The Labute approximate surface area is 126 Å². The number of benzene rings is 1. The highest BCUT2D eigenvalue weighted by Crippen LogP contribution is 2.27. The molecular weight excluding hydrogens is 303 g/mol. The van der Waals surface area contributed by atoms with E-state index in [2.05, 4.69) is 5.32 Å². The molecule has 1 fully saturated rings. The minimum atomic E-state index is -1.01. The van der Waals surface area contributed by atoms with Gasteiger partial charge in [0.15, 0.2) is 0 Å². The first-order valence-corrected chi connectivity index (χ1v) is 6.91. The smallest absolute Gasteiger partial charge is 0.305 e. The predicted molar refractivity (Wildman–Crippen MR) is 75.9 cm³/mol. The number of carbonyl (C=O) groups is 2. The summed E-state index contributed by atoms with van der Waals surface area (Å²) in [6, 6.07) is 4.60. The van der Waals surface area contributed by atoms with Crippen molar-refractivity contribution < 1.29 is 14.7 Å². The van der Waals surface area contributed by atoms with Gasteiger partial charge in [-0.15, -0.1) is 0 Å². The number of nitrogens with one attached hydrogen (secondary N) is 1. The van der Waals surface area contributed by atoms with Crippen molar-refractivity contribution in [2.75, 3.05) is 13.1 Å².